The van der Waals surface area contributed by atoms with Crippen LogP contribution in [0.3, 0.4) is 0 Å². The summed E-state index contributed by atoms with van der Waals surface area (Å²) >= 11 is 0. The van der Waals surface area contributed by atoms with Gasteiger partial charge in [-0.25, -0.2) is 0 Å². The summed E-state index contributed by atoms with van der Waals surface area (Å²) in [7, 11) is 2.18. The van der Waals surface area contributed by atoms with Crippen LogP contribution in [-0.2, 0) is 0 Å². The molecule has 2 saturated carbocycles. The Bertz CT molecular complexity index is 203. The van der Waals surface area contributed by atoms with Gasteiger partial charge in [0.15, 0.2) is 0 Å². The molecule has 0 aromatic carbocycles. The lowest BCUT2D eigenvalue weighted by Crippen LogP contribution is -2.43. The van der Waals surface area contributed by atoms with Crippen molar-refractivity contribution in [2.45, 2.75) is 64.8 Å². The summed E-state index contributed by atoms with van der Waals surface area (Å²) in [5.74, 6) is 1.89. The Hall–Kier alpha value is -0.0400. The first-order valence-electron chi connectivity index (χ1n) is 6.82. The molecule has 0 heterocycles. The van der Waals surface area contributed by atoms with Crippen LogP contribution in [-0.4, -0.2) is 13.1 Å². The topological polar surface area (TPSA) is 12.0 Å². The zero-order valence-corrected chi connectivity index (χ0v) is 10.7. The van der Waals surface area contributed by atoms with Gasteiger partial charge in [-0.1, -0.05) is 33.1 Å². The van der Waals surface area contributed by atoms with Gasteiger partial charge in [-0.05, 0) is 50.0 Å². The number of hydrogen-bond acceptors (Lipinski definition) is 1. The lowest BCUT2D eigenvalue weighted by atomic mass is 9.73. The van der Waals surface area contributed by atoms with Gasteiger partial charge in [0, 0.05) is 6.04 Å². The highest BCUT2D eigenvalue weighted by Gasteiger charge is 2.42. The van der Waals surface area contributed by atoms with Crippen LogP contribution in [0.25, 0.3) is 0 Å². The molecule has 2 fully saturated rings. The fraction of sp³-hybridized carbons (Fsp3) is 1.00. The summed E-state index contributed by atoms with van der Waals surface area (Å²) in [4.78, 5) is 0. The Morgan fingerprint density at radius 1 is 1.07 bits per heavy atom. The average Bonchev–Trinajstić information content (AvgIpc) is 2.78. The molecule has 2 aliphatic rings. The van der Waals surface area contributed by atoms with Gasteiger partial charge in [-0.15, -0.1) is 0 Å². The van der Waals surface area contributed by atoms with E-state index in [-0.39, 0.29) is 0 Å². The van der Waals surface area contributed by atoms with Crippen LogP contribution in [0.1, 0.15) is 58.8 Å². The molecular formula is C14H27N. The van der Waals surface area contributed by atoms with Gasteiger partial charge < -0.3 is 5.32 Å². The molecule has 2 aliphatic carbocycles. The monoisotopic (exact) mass is 209 g/mol. The average molecular weight is 209 g/mol. The third-order valence-electron chi connectivity index (χ3n) is 5.01. The first-order valence-corrected chi connectivity index (χ1v) is 6.82. The molecule has 2 rings (SSSR count). The van der Waals surface area contributed by atoms with E-state index in [9.17, 15) is 0 Å². The van der Waals surface area contributed by atoms with E-state index in [4.69, 9.17) is 0 Å². The van der Waals surface area contributed by atoms with Crippen LogP contribution in [0, 0.1) is 17.3 Å². The van der Waals surface area contributed by atoms with Crippen molar-refractivity contribution in [3.63, 3.8) is 0 Å². The van der Waals surface area contributed by atoms with Gasteiger partial charge in [0.1, 0.15) is 0 Å². The molecule has 0 saturated heterocycles. The van der Waals surface area contributed by atoms with Crippen LogP contribution >= 0.6 is 0 Å². The van der Waals surface area contributed by atoms with E-state index in [1.807, 2.05) is 0 Å². The van der Waals surface area contributed by atoms with Crippen LogP contribution in [0.4, 0.5) is 0 Å². The van der Waals surface area contributed by atoms with Crippen molar-refractivity contribution >= 4 is 0 Å². The maximum atomic E-state index is 3.64. The van der Waals surface area contributed by atoms with Gasteiger partial charge >= 0.3 is 0 Å². The molecule has 0 amide bonds. The maximum absolute atomic E-state index is 3.64. The molecule has 15 heavy (non-hydrogen) atoms. The minimum absolute atomic E-state index is 0.580. The summed E-state index contributed by atoms with van der Waals surface area (Å²) in [5, 5.41) is 3.64. The first kappa shape index (κ1) is 11.4. The van der Waals surface area contributed by atoms with E-state index in [0.29, 0.717) is 5.41 Å². The van der Waals surface area contributed by atoms with E-state index < -0.39 is 0 Å². The molecule has 2 unspecified atom stereocenters. The lowest BCUT2D eigenvalue weighted by Gasteiger charge is -2.37. The van der Waals surface area contributed by atoms with Gasteiger partial charge in [0.2, 0.25) is 0 Å². The highest BCUT2D eigenvalue weighted by molar-refractivity contribution is 4.95. The molecule has 0 bridgehead atoms. The highest BCUT2D eigenvalue weighted by Crippen LogP contribution is 2.47. The zero-order valence-electron chi connectivity index (χ0n) is 10.7. The third-order valence-corrected chi connectivity index (χ3v) is 5.01. The second kappa shape index (κ2) is 4.45. The van der Waals surface area contributed by atoms with Crippen molar-refractivity contribution in [2.75, 3.05) is 7.05 Å². The van der Waals surface area contributed by atoms with Crippen LogP contribution in [0.2, 0.25) is 0 Å². The molecule has 1 nitrogen and oxygen atoms in total. The van der Waals surface area contributed by atoms with E-state index in [2.05, 4.69) is 26.2 Å². The quantitative estimate of drug-likeness (QED) is 0.749. The zero-order chi connectivity index (χ0) is 10.9. The third kappa shape index (κ3) is 2.22. The Labute approximate surface area is 95.0 Å². The summed E-state index contributed by atoms with van der Waals surface area (Å²) < 4.78 is 0. The minimum Gasteiger partial charge on any atom is -0.316 e. The highest BCUT2D eigenvalue weighted by atomic mass is 14.9. The van der Waals surface area contributed by atoms with Crippen molar-refractivity contribution in [3.8, 4) is 0 Å². The fourth-order valence-corrected chi connectivity index (χ4v) is 4.10. The molecule has 0 aromatic rings. The Balaban J connectivity index is 2.05. The summed E-state index contributed by atoms with van der Waals surface area (Å²) in [6.45, 7) is 4.95. The fourth-order valence-electron chi connectivity index (χ4n) is 4.10. The minimum atomic E-state index is 0.580. The first-order chi connectivity index (χ1) is 7.15. The second-order valence-corrected chi connectivity index (χ2v) is 6.35. The van der Waals surface area contributed by atoms with E-state index in [1.54, 1.807) is 0 Å². The van der Waals surface area contributed by atoms with E-state index >= 15 is 0 Å². The van der Waals surface area contributed by atoms with Crippen molar-refractivity contribution in [1.29, 1.82) is 0 Å². The van der Waals surface area contributed by atoms with Gasteiger partial charge in [-0.3, -0.25) is 0 Å². The van der Waals surface area contributed by atoms with Gasteiger partial charge in [-0.2, -0.15) is 0 Å². The van der Waals surface area contributed by atoms with Gasteiger partial charge in [0.25, 0.3) is 0 Å². The predicted octanol–water partition coefficient (Wildman–Crippen LogP) is 3.59. The van der Waals surface area contributed by atoms with Gasteiger partial charge in [0.05, 0.1) is 0 Å². The molecular weight excluding hydrogens is 182 g/mol. The molecule has 88 valence electrons. The maximum Gasteiger partial charge on any atom is 0.0126 e. The molecule has 0 aliphatic heterocycles. The Morgan fingerprint density at radius 2 is 1.73 bits per heavy atom. The van der Waals surface area contributed by atoms with Crippen molar-refractivity contribution < 1.29 is 0 Å². The molecule has 1 N–H and O–H groups in total. The summed E-state index contributed by atoms with van der Waals surface area (Å²) in [6.07, 6.45) is 10.2. The molecule has 0 radical (unpaired) electrons. The molecule has 1 heteroatoms. The standard InChI is InChI=1S/C14H27N/c1-14(2)10-6-9-12(14)13(15-3)11-7-4-5-8-11/h11-13,15H,4-10H2,1-3H3. The Kier molecular flexibility index (Phi) is 3.39. The lowest BCUT2D eigenvalue weighted by molar-refractivity contribution is 0.160. The molecule has 0 spiro atoms. The normalized spacial score (nSPS) is 33.4. The molecule has 0 aromatic heterocycles. The summed E-state index contributed by atoms with van der Waals surface area (Å²) in [5.41, 5.74) is 0.580. The van der Waals surface area contributed by atoms with E-state index in [0.717, 1.165) is 17.9 Å². The Morgan fingerprint density at radius 3 is 2.20 bits per heavy atom. The number of hydrogen-bond donors (Lipinski definition) is 1. The van der Waals surface area contributed by atoms with Crippen LogP contribution < -0.4 is 5.32 Å². The van der Waals surface area contributed by atoms with Crippen LogP contribution in [0.15, 0.2) is 0 Å². The SMILES string of the molecule is CNC(C1CCCC1)C1CCCC1(C)C. The number of nitrogens with one attached hydrogen (secondary N) is 1. The van der Waals surface area contributed by atoms with Crippen LogP contribution in [0.5, 0.6) is 0 Å². The number of rotatable bonds is 3. The summed E-state index contributed by atoms with van der Waals surface area (Å²) in [6, 6.07) is 0.796. The predicted molar refractivity (Wildman–Crippen MR) is 65.9 cm³/mol. The second-order valence-electron chi connectivity index (χ2n) is 6.35. The largest absolute Gasteiger partial charge is 0.316 e. The van der Waals surface area contributed by atoms with E-state index in [1.165, 1.54) is 44.9 Å². The molecule has 2 atom stereocenters. The van der Waals surface area contributed by atoms with Crippen molar-refractivity contribution in [2.24, 2.45) is 17.3 Å². The smallest absolute Gasteiger partial charge is 0.0126 e. The van der Waals surface area contributed by atoms with Crippen molar-refractivity contribution in [3.05, 3.63) is 0 Å². The van der Waals surface area contributed by atoms with Crippen molar-refractivity contribution in [1.82, 2.24) is 5.32 Å².